The molecule has 128 valence electrons. The number of piperidine rings is 1. The van der Waals surface area contributed by atoms with E-state index in [0.29, 0.717) is 25.6 Å². The zero-order valence-electron chi connectivity index (χ0n) is 14.6. The second-order valence-electron chi connectivity index (χ2n) is 7.08. The normalized spacial score (nSPS) is 18.0. The summed E-state index contributed by atoms with van der Waals surface area (Å²) in [6.45, 7) is 12.1. The van der Waals surface area contributed by atoms with E-state index in [1.165, 1.54) is 0 Å². The monoisotopic (exact) mass is 313 g/mol. The lowest BCUT2D eigenvalue weighted by atomic mass is 9.96. The molecule has 2 N–H and O–H groups in total. The zero-order valence-corrected chi connectivity index (χ0v) is 14.6. The maximum Gasteiger partial charge on any atom is 0.410 e. The number of nitrogens with zero attached hydrogens (tertiary/aromatic N) is 2. The number of likely N-dealkylation sites (N-methyl/N-ethyl adjacent to an activating group) is 1. The number of carbonyl (C=O) groups excluding carboxylic acids is 2. The molecule has 0 aromatic carbocycles. The van der Waals surface area contributed by atoms with E-state index < -0.39 is 11.6 Å². The lowest BCUT2D eigenvalue weighted by molar-refractivity contribution is -0.132. The number of amides is 2. The van der Waals surface area contributed by atoms with Crippen LogP contribution in [0.25, 0.3) is 0 Å². The van der Waals surface area contributed by atoms with Crippen LogP contribution in [0.3, 0.4) is 0 Å². The second kappa shape index (κ2) is 7.81. The van der Waals surface area contributed by atoms with Crippen LogP contribution in [0, 0.1) is 5.92 Å². The van der Waals surface area contributed by atoms with E-state index >= 15 is 0 Å². The first-order valence-corrected chi connectivity index (χ1v) is 8.16. The molecule has 1 saturated heterocycles. The summed E-state index contributed by atoms with van der Waals surface area (Å²) < 4.78 is 5.39. The Balaban J connectivity index is 2.45. The summed E-state index contributed by atoms with van der Waals surface area (Å²) in [7, 11) is 0. The lowest BCUT2D eigenvalue weighted by Gasteiger charge is -2.35. The number of carbonyl (C=O) groups is 2. The van der Waals surface area contributed by atoms with Gasteiger partial charge >= 0.3 is 6.09 Å². The standard InChI is InChI=1S/C16H31N3O3/c1-6-18(14(20)12(2)17)11-13-7-9-19(10-8-13)15(21)22-16(3,4)5/h12-13H,6-11,17H2,1-5H3/t12-/m0/s1. The van der Waals surface area contributed by atoms with E-state index in [1.54, 1.807) is 11.8 Å². The molecule has 0 bridgehead atoms. The fourth-order valence-corrected chi connectivity index (χ4v) is 2.60. The van der Waals surface area contributed by atoms with Crippen molar-refractivity contribution in [1.82, 2.24) is 9.80 Å². The van der Waals surface area contributed by atoms with Crippen molar-refractivity contribution in [3.8, 4) is 0 Å². The summed E-state index contributed by atoms with van der Waals surface area (Å²) in [5, 5.41) is 0. The van der Waals surface area contributed by atoms with Gasteiger partial charge in [-0.3, -0.25) is 4.79 Å². The highest BCUT2D eigenvalue weighted by molar-refractivity contribution is 5.81. The van der Waals surface area contributed by atoms with E-state index in [2.05, 4.69) is 0 Å². The molecule has 0 aliphatic carbocycles. The molecule has 0 aromatic rings. The number of hydrogen-bond donors (Lipinski definition) is 1. The summed E-state index contributed by atoms with van der Waals surface area (Å²) >= 11 is 0. The Bertz CT molecular complexity index is 383. The second-order valence-corrected chi connectivity index (χ2v) is 7.08. The van der Waals surface area contributed by atoms with Gasteiger partial charge in [-0.05, 0) is 53.4 Å². The van der Waals surface area contributed by atoms with Gasteiger partial charge in [0.05, 0.1) is 6.04 Å². The van der Waals surface area contributed by atoms with E-state index in [9.17, 15) is 9.59 Å². The molecule has 6 heteroatoms. The van der Waals surface area contributed by atoms with Crippen molar-refractivity contribution >= 4 is 12.0 Å². The molecular formula is C16H31N3O3. The smallest absolute Gasteiger partial charge is 0.410 e. The molecule has 1 aliphatic rings. The fourth-order valence-electron chi connectivity index (χ4n) is 2.60. The molecule has 0 spiro atoms. The quantitative estimate of drug-likeness (QED) is 0.859. The van der Waals surface area contributed by atoms with Crippen LogP contribution < -0.4 is 5.73 Å². The number of ether oxygens (including phenoxy) is 1. The number of rotatable bonds is 4. The van der Waals surface area contributed by atoms with Crippen LogP contribution in [0.5, 0.6) is 0 Å². The van der Waals surface area contributed by atoms with Gasteiger partial charge in [0, 0.05) is 26.2 Å². The van der Waals surface area contributed by atoms with Crippen LogP contribution in [0.2, 0.25) is 0 Å². The minimum Gasteiger partial charge on any atom is -0.444 e. The van der Waals surface area contributed by atoms with Crippen LogP contribution in [0.4, 0.5) is 4.79 Å². The average molecular weight is 313 g/mol. The highest BCUT2D eigenvalue weighted by Gasteiger charge is 2.28. The molecule has 1 rings (SSSR count). The van der Waals surface area contributed by atoms with Crippen LogP contribution in [-0.4, -0.2) is 59.6 Å². The molecule has 1 fully saturated rings. The van der Waals surface area contributed by atoms with Gasteiger partial charge in [0.2, 0.25) is 5.91 Å². The molecule has 0 aromatic heterocycles. The molecule has 0 radical (unpaired) electrons. The van der Waals surface area contributed by atoms with Crippen LogP contribution in [-0.2, 0) is 9.53 Å². The Kier molecular flexibility index (Phi) is 6.66. The van der Waals surface area contributed by atoms with Crippen molar-refractivity contribution in [2.75, 3.05) is 26.2 Å². The van der Waals surface area contributed by atoms with Gasteiger partial charge in [0.1, 0.15) is 5.60 Å². The van der Waals surface area contributed by atoms with Gasteiger partial charge in [0.25, 0.3) is 0 Å². The summed E-state index contributed by atoms with van der Waals surface area (Å²) in [4.78, 5) is 27.6. The van der Waals surface area contributed by atoms with Gasteiger partial charge in [-0.15, -0.1) is 0 Å². The van der Waals surface area contributed by atoms with E-state index in [0.717, 1.165) is 19.4 Å². The van der Waals surface area contributed by atoms with E-state index in [-0.39, 0.29) is 12.0 Å². The molecule has 1 heterocycles. The Morgan fingerprint density at radius 2 is 1.86 bits per heavy atom. The third-order valence-corrected chi connectivity index (χ3v) is 3.83. The van der Waals surface area contributed by atoms with Crippen LogP contribution in [0.15, 0.2) is 0 Å². The van der Waals surface area contributed by atoms with Crippen LogP contribution >= 0.6 is 0 Å². The molecular weight excluding hydrogens is 282 g/mol. The summed E-state index contributed by atoms with van der Waals surface area (Å²) in [6, 6.07) is -0.457. The predicted octanol–water partition coefficient (Wildman–Crippen LogP) is 1.83. The Labute approximate surface area is 134 Å². The minimum absolute atomic E-state index is 0.00271. The highest BCUT2D eigenvalue weighted by Crippen LogP contribution is 2.20. The van der Waals surface area contributed by atoms with Gasteiger partial charge in [-0.2, -0.15) is 0 Å². The van der Waals surface area contributed by atoms with Gasteiger partial charge in [-0.1, -0.05) is 0 Å². The summed E-state index contributed by atoms with van der Waals surface area (Å²) in [5.74, 6) is 0.415. The third-order valence-electron chi connectivity index (χ3n) is 3.83. The van der Waals surface area contributed by atoms with Gasteiger partial charge in [-0.25, -0.2) is 4.79 Å². The molecule has 22 heavy (non-hydrogen) atoms. The summed E-state index contributed by atoms with van der Waals surface area (Å²) in [5.41, 5.74) is 5.22. The largest absolute Gasteiger partial charge is 0.444 e. The topological polar surface area (TPSA) is 75.9 Å². The van der Waals surface area contributed by atoms with Crippen molar-refractivity contribution in [1.29, 1.82) is 0 Å². The molecule has 2 amide bonds. The van der Waals surface area contributed by atoms with Crippen molar-refractivity contribution in [3.05, 3.63) is 0 Å². The molecule has 0 unspecified atom stereocenters. The van der Waals surface area contributed by atoms with Crippen molar-refractivity contribution in [3.63, 3.8) is 0 Å². The number of likely N-dealkylation sites (tertiary alicyclic amines) is 1. The average Bonchev–Trinajstić information content (AvgIpc) is 2.42. The first kappa shape index (κ1) is 18.7. The fraction of sp³-hybridized carbons (Fsp3) is 0.875. The third kappa shape index (κ3) is 5.83. The van der Waals surface area contributed by atoms with Gasteiger partial charge in [0.15, 0.2) is 0 Å². The van der Waals surface area contributed by atoms with E-state index in [1.807, 2.05) is 32.6 Å². The predicted molar refractivity (Wildman–Crippen MR) is 86.4 cm³/mol. The maximum absolute atomic E-state index is 12.0. The highest BCUT2D eigenvalue weighted by atomic mass is 16.6. The zero-order chi connectivity index (χ0) is 16.9. The first-order chi connectivity index (χ1) is 10.1. The Morgan fingerprint density at radius 3 is 2.27 bits per heavy atom. The SMILES string of the molecule is CCN(CC1CCN(C(=O)OC(C)(C)C)CC1)C(=O)[C@H](C)N. The van der Waals surface area contributed by atoms with Crippen molar-refractivity contribution < 1.29 is 14.3 Å². The van der Waals surface area contributed by atoms with Gasteiger partial charge < -0.3 is 20.3 Å². The minimum atomic E-state index is -0.462. The summed E-state index contributed by atoms with van der Waals surface area (Å²) in [6.07, 6.45) is 1.54. The lowest BCUT2D eigenvalue weighted by Crippen LogP contribution is -2.47. The molecule has 0 saturated carbocycles. The first-order valence-electron chi connectivity index (χ1n) is 8.16. The molecule has 1 atom stereocenters. The van der Waals surface area contributed by atoms with Crippen molar-refractivity contribution in [2.24, 2.45) is 11.7 Å². The van der Waals surface area contributed by atoms with E-state index in [4.69, 9.17) is 10.5 Å². The molecule has 6 nitrogen and oxygen atoms in total. The number of hydrogen-bond acceptors (Lipinski definition) is 4. The Hall–Kier alpha value is -1.30. The Morgan fingerprint density at radius 1 is 1.32 bits per heavy atom. The number of nitrogens with two attached hydrogens (primary N) is 1. The maximum atomic E-state index is 12.0. The van der Waals surface area contributed by atoms with Crippen LogP contribution in [0.1, 0.15) is 47.5 Å². The molecule has 1 aliphatic heterocycles. The van der Waals surface area contributed by atoms with Crippen molar-refractivity contribution in [2.45, 2.75) is 59.1 Å².